The number of fused-ring (bicyclic) bond motifs is 1. The Morgan fingerprint density at radius 2 is 2.27 bits per heavy atom. The molecule has 0 saturated carbocycles. The third-order valence-electron chi connectivity index (χ3n) is 1.94. The Labute approximate surface area is 87.0 Å². The summed E-state index contributed by atoms with van der Waals surface area (Å²) >= 11 is 0. The largest absolute Gasteiger partial charge is 0.491 e. The van der Waals surface area contributed by atoms with Crippen LogP contribution in [0.15, 0.2) is 18.2 Å². The molecular formula is C10H10N2O3. The van der Waals surface area contributed by atoms with Crippen LogP contribution in [0.25, 0.3) is 0 Å². The molecule has 1 unspecified atom stereocenters. The molecule has 1 aliphatic rings. The molecule has 0 bridgehead atoms. The second-order valence-corrected chi connectivity index (χ2v) is 3.06. The molecule has 15 heavy (non-hydrogen) atoms. The normalized spacial score (nSPS) is 14.4. The zero-order valence-electron chi connectivity index (χ0n) is 7.97. The van der Waals surface area contributed by atoms with E-state index in [1.54, 1.807) is 18.2 Å². The minimum absolute atomic E-state index is 0.163. The summed E-state index contributed by atoms with van der Waals surface area (Å²) in [5.41, 5.74) is 5.39. The average Bonchev–Trinajstić information content (AvgIpc) is 2.72. The third-order valence-corrected chi connectivity index (χ3v) is 1.94. The zero-order valence-corrected chi connectivity index (χ0v) is 7.97. The first kappa shape index (κ1) is 9.62. The van der Waals surface area contributed by atoms with Crippen molar-refractivity contribution in [3.8, 4) is 23.3 Å². The van der Waals surface area contributed by atoms with Gasteiger partial charge in [-0.1, -0.05) is 0 Å². The van der Waals surface area contributed by atoms with Gasteiger partial charge in [0.05, 0.1) is 6.07 Å². The fraction of sp³-hybridized carbons (Fsp3) is 0.300. The van der Waals surface area contributed by atoms with Crippen molar-refractivity contribution in [1.82, 2.24) is 0 Å². The Hall–Kier alpha value is -1.93. The molecular weight excluding hydrogens is 196 g/mol. The van der Waals surface area contributed by atoms with E-state index in [1.807, 2.05) is 6.07 Å². The van der Waals surface area contributed by atoms with Gasteiger partial charge < -0.3 is 19.9 Å². The lowest BCUT2D eigenvalue weighted by molar-refractivity contribution is 0.173. The highest BCUT2D eigenvalue weighted by atomic mass is 16.7. The third kappa shape index (κ3) is 2.11. The summed E-state index contributed by atoms with van der Waals surface area (Å²) in [6, 6.07) is 6.49. The molecule has 1 atom stereocenters. The molecule has 5 nitrogen and oxygen atoms in total. The van der Waals surface area contributed by atoms with E-state index in [9.17, 15) is 0 Å². The van der Waals surface area contributed by atoms with Gasteiger partial charge in [0.25, 0.3) is 0 Å². The number of nitrogens with zero attached hydrogens (tertiary/aromatic N) is 1. The first-order valence-corrected chi connectivity index (χ1v) is 4.47. The first-order valence-electron chi connectivity index (χ1n) is 4.47. The van der Waals surface area contributed by atoms with Crippen molar-refractivity contribution in [3.63, 3.8) is 0 Å². The number of hydrogen-bond donors (Lipinski definition) is 1. The van der Waals surface area contributed by atoms with Crippen LogP contribution < -0.4 is 19.9 Å². The molecule has 0 saturated heterocycles. The van der Waals surface area contributed by atoms with E-state index in [4.69, 9.17) is 25.2 Å². The lowest BCUT2D eigenvalue weighted by Gasteiger charge is -2.07. The average molecular weight is 206 g/mol. The quantitative estimate of drug-likeness (QED) is 0.785. The van der Waals surface area contributed by atoms with E-state index < -0.39 is 6.04 Å². The second kappa shape index (κ2) is 4.07. The summed E-state index contributed by atoms with van der Waals surface area (Å²) in [5.74, 6) is 1.97. The topological polar surface area (TPSA) is 77.5 Å². The van der Waals surface area contributed by atoms with Gasteiger partial charge in [-0.25, -0.2) is 0 Å². The van der Waals surface area contributed by atoms with Crippen LogP contribution >= 0.6 is 0 Å². The molecule has 0 aromatic heterocycles. The maximum atomic E-state index is 8.47. The van der Waals surface area contributed by atoms with Crippen LogP contribution in [0.2, 0.25) is 0 Å². The van der Waals surface area contributed by atoms with Gasteiger partial charge in [-0.05, 0) is 12.1 Å². The van der Waals surface area contributed by atoms with E-state index in [0.717, 1.165) is 0 Å². The predicted octanol–water partition coefficient (Wildman–Crippen LogP) is 0.645. The van der Waals surface area contributed by atoms with Crippen molar-refractivity contribution >= 4 is 0 Å². The summed E-state index contributed by atoms with van der Waals surface area (Å²) in [4.78, 5) is 0. The van der Waals surface area contributed by atoms with Gasteiger partial charge in [0.1, 0.15) is 18.4 Å². The Kier molecular flexibility index (Phi) is 2.61. The van der Waals surface area contributed by atoms with Crippen molar-refractivity contribution in [3.05, 3.63) is 18.2 Å². The first-order chi connectivity index (χ1) is 7.29. The highest BCUT2D eigenvalue weighted by Gasteiger charge is 2.13. The summed E-state index contributed by atoms with van der Waals surface area (Å²) < 4.78 is 15.6. The minimum atomic E-state index is -0.615. The van der Waals surface area contributed by atoms with E-state index in [1.165, 1.54) is 0 Å². The second-order valence-electron chi connectivity index (χ2n) is 3.06. The van der Waals surface area contributed by atoms with E-state index in [2.05, 4.69) is 0 Å². The van der Waals surface area contributed by atoms with Crippen LogP contribution in [0.3, 0.4) is 0 Å². The summed E-state index contributed by atoms with van der Waals surface area (Å²) in [5, 5.41) is 8.47. The maximum absolute atomic E-state index is 8.47. The fourth-order valence-corrected chi connectivity index (χ4v) is 1.19. The molecule has 0 radical (unpaired) electrons. The number of hydrogen-bond acceptors (Lipinski definition) is 5. The lowest BCUT2D eigenvalue weighted by atomic mass is 10.3. The molecule has 1 aromatic rings. The molecule has 1 aromatic carbocycles. The molecule has 1 aliphatic heterocycles. The molecule has 2 rings (SSSR count). The number of benzene rings is 1. The molecule has 78 valence electrons. The van der Waals surface area contributed by atoms with Gasteiger partial charge in [0.15, 0.2) is 11.5 Å². The van der Waals surface area contributed by atoms with Crippen molar-refractivity contribution < 1.29 is 14.2 Å². The van der Waals surface area contributed by atoms with Crippen molar-refractivity contribution in [1.29, 1.82) is 5.26 Å². The molecule has 0 spiro atoms. The summed E-state index contributed by atoms with van der Waals surface area (Å²) in [6.07, 6.45) is 0. The standard InChI is InChI=1S/C10H10N2O3/c11-4-7(12)5-13-8-1-2-9-10(3-8)15-6-14-9/h1-3,7H,5-6,12H2. The number of rotatable bonds is 3. The number of nitriles is 1. The van der Waals surface area contributed by atoms with Crippen LogP contribution in [0.5, 0.6) is 17.2 Å². The molecule has 5 heteroatoms. The molecule has 0 aliphatic carbocycles. The lowest BCUT2D eigenvalue weighted by Crippen LogP contribution is -2.25. The van der Waals surface area contributed by atoms with Crippen LogP contribution in [-0.4, -0.2) is 19.4 Å². The van der Waals surface area contributed by atoms with Crippen molar-refractivity contribution in [2.45, 2.75) is 6.04 Å². The smallest absolute Gasteiger partial charge is 0.231 e. The van der Waals surface area contributed by atoms with Crippen LogP contribution in [0.1, 0.15) is 0 Å². The number of ether oxygens (including phenoxy) is 3. The SMILES string of the molecule is N#CC(N)COc1ccc2c(c1)OCO2. The Morgan fingerprint density at radius 1 is 1.47 bits per heavy atom. The molecule has 2 N–H and O–H groups in total. The summed E-state index contributed by atoms with van der Waals surface area (Å²) in [7, 11) is 0. The van der Waals surface area contributed by atoms with Gasteiger partial charge in [0, 0.05) is 6.07 Å². The van der Waals surface area contributed by atoms with Crippen molar-refractivity contribution in [2.75, 3.05) is 13.4 Å². The minimum Gasteiger partial charge on any atom is -0.491 e. The summed E-state index contributed by atoms with van der Waals surface area (Å²) in [6.45, 7) is 0.395. The van der Waals surface area contributed by atoms with Crippen molar-refractivity contribution in [2.24, 2.45) is 5.73 Å². The van der Waals surface area contributed by atoms with Gasteiger partial charge in [0.2, 0.25) is 6.79 Å². The van der Waals surface area contributed by atoms with E-state index >= 15 is 0 Å². The highest BCUT2D eigenvalue weighted by molar-refractivity contribution is 5.46. The van der Waals surface area contributed by atoms with E-state index in [-0.39, 0.29) is 13.4 Å². The van der Waals surface area contributed by atoms with E-state index in [0.29, 0.717) is 17.2 Å². The fourth-order valence-electron chi connectivity index (χ4n) is 1.19. The number of nitrogens with two attached hydrogens (primary N) is 1. The van der Waals surface area contributed by atoms with Crippen LogP contribution in [-0.2, 0) is 0 Å². The monoisotopic (exact) mass is 206 g/mol. The van der Waals surface area contributed by atoms with Gasteiger partial charge in [-0.3, -0.25) is 0 Å². The van der Waals surface area contributed by atoms with Crippen LogP contribution in [0, 0.1) is 11.3 Å². The van der Waals surface area contributed by atoms with Gasteiger partial charge in [-0.15, -0.1) is 0 Å². The Balaban J connectivity index is 2.01. The predicted molar refractivity (Wildman–Crippen MR) is 51.6 cm³/mol. The van der Waals surface area contributed by atoms with Gasteiger partial charge >= 0.3 is 0 Å². The highest BCUT2D eigenvalue weighted by Crippen LogP contribution is 2.34. The van der Waals surface area contributed by atoms with Crippen LogP contribution in [0.4, 0.5) is 0 Å². The molecule has 0 amide bonds. The maximum Gasteiger partial charge on any atom is 0.231 e. The zero-order chi connectivity index (χ0) is 10.7. The molecule has 0 fully saturated rings. The Bertz CT molecular complexity index is 400. The van der Waals surface area contributed by atoms with Gasteiger partial charge in [-0.2, -0.15) is 5.26 Å². The molecule has 1 heterocycles. The Morgan fingerprint density at radius 3 is 3.07 bits per heavy atom.